The first-order valence-corrected chi connectivity index (χ1v) is 5.21. The van der Waals surface area contributed by atoms with Crippen molar-refractivity contribution in [1.82, 2.24) is 0 Å². The zero-order valence-electron chi connectivity index (χ0n) is 9.28. The molecule has 0 aromatic heterocycles. The molecule has 0 unspecified atom stereocenters. The van der Waals surface area contributed by atoms with Crippen LogP contribution >= 0.6 is 0 Å². The van der Waals surface area contributed by atoms with Gasteiger partial charge in [0, 0.05) is 5.56 Å². The molecule has 0 aliphatic heterocycles. The van der Waals surface area contributed by atoms with Crippen LogP contribution in [0.1, 0.15) is 0 Å². The van der Waals surface area contributed by atoms with Gasteiger partial charge in [-0.2, -0.15) is 0 Å². The highest BCUT2D eigenvalue weighted by atomic mass is 16.5. The third-order valence-electron chi connectivity index (χ3n) is 3.03. The lowest BCUT2D eigenvalue weighted by molar-refractivity contribution is 0.413. The smallest absolute Gasteiger partial charge is 0.127 e. The summed E-state index contributed by atoms with van der Waals surface area (Å²) in [6.07, 6.45) is 0. The van der Waals surface area contributed by atoms with Crippen molar-refractivity contribution >= 4 is 0 Å². The van der Waals surface area contributed by atoms with Gasteiger partial charge < -0.3 is 9.47 Å². The molecule has 2 nitrogen and oxygen atoms in total. The van der Waals surface area contributed by atoms with Gasteiger partial charge in [0.2, 0.25) is 0 Å². The van der Waals surface area contributed by atoms with Crippen LogP contribution in [0.15, 0.2) is 36.4 Å². The van der Waals surface area contributed by atoms with E-state index in [9.17, 15) is 0 Å². The van der Waals surface area contributed by atoms with Crippen LogP contribution in [0.25, 0.3) is 22.3 Å². The maximum Gasteiger partial charge on any atom is 0.127 e. The molecule has 0 amide bonds. The molecule has 0 N–H and O–H groups in total. The SMILES string of the molecule is COc1ccc2c(c1)-c1c(OC)cccc1-2. The molecular weight excluding hydrogens is 200 g/mol. The third kappa shape index (κ3) is 1.07. The first-order valence-electron chi connectivity index (χ1n) is 5.21. The summed E-state index contributed by atoms with van der Waals surface area (Å²) in [4.78, 5) is 0. The van der Waals surface area contributed by atoms with Crippen LogP contribution in [0.5, 0.6) is 11.5 Å². The molecule has 0 atom stereocenters. The van der Waals surface area contributed by atoms with Crippen molar-refractivity contribution in [2.24, 2.45) is 0 Å². The number of ether oxygens (including phenoxy) is 2. The average Bonchev–Trinajstić information content (AvgIpc) is 2.34. The van der Waals surface area contributed by atoms with Crippen LogP contribution in [-0.4, -0.2) is 14.2 Å². The van der Waals surface area contributed by atoms with E-state index < -0.39 is 0 Å². The molecule has 1 aliphatic rings. The highest BCUT2D eigenvalue weighted by molar-refractivity contribution is 6.05. The molecule has 0 bridgehead atoms. The van der Waals surface area contributed by atoms with E-state index in [4.69, 9.17) is 9.47 Å². The Labute approximate surface area is 94.4 Å². The summed E-state index contributed by atoms with van der Waals surface area (Å²) in [6.45, 7) is 0. The van der Waals surface area contributed by atoms with Crippen molar-refractivity contribution in [3.63, 3.8) is 0 Å². The molecule has 2 heteroatoms. The molecule has 0 heterocycles. The van der Waals surface area contributed by atoms with Crippen molar-refractivity contribution in [3.8, 4) is 33.8 Å². The zero-order chi connectivity index (χ0) is 11.1. The minimum absolute atomic E-state index is 0.885. The van der Waals surface area contributed by atoms with Crippen LogP contribution in [0.2, 0.25) is 0 Å². The summed E-state index contributed by atoms with van der Waals surface area (Å²) in [7, 11) is 3.39. The summed E-state index contributed by atoms with van der Waals surface area (Å²) >= 11 is 0. The Hall–Kier alpha value is -1.96. The monoisotopic (exact) mass is 212 g/mol. The van der Waals surface area contributed by atoms with E-state index in [2.05, 4.69) is 18.2 Å². The van der Waals surface area contributed by atoms with Crippen LogP contribution in [0.4, 0.5) is 0 Å². The second-order valence-electron chi connectivity index (χ2n) is 3.79. The standard InChI is InChI=1S/C14H12O2/c1-15-9-6-7-10-11-4-3-5-13(16-2)14(11)12(10)8-9/h3-8H,1-2H3. The van der Waals surface area contributed by atoms with Crippen molar-refractivity contribution < 1.29 is 9.47 Å². The maximum absolute atomic E-state index is 5.37. The van der Waals surface area contributed by atoms with Gasteiger partial charge in [-0.05, 0) is 34.9 Å². The van der Waals surface area contributed by atoms with Gasteiger partial charge >= 0.3 is 0 Å². The van der Waals surface area contributed by atoms with Crippen molar-refractivity contribution in [1.29, 1.82) is 0 Å². The lowest BCUT2D eigenvalue weighted by Crippen LogP contribution is -2.01. The summed E-state index contributed by atoms with van der Waals surface area (Å²) in [5, 5.41) is 0. The molecule has 80 valence electrons. The fraction of sp³-hybridized carbons (Fsp3) is 0.143. The van der Waals surface area contributed by atoms with Gasteiger partial charge in [-0.3, -0.25) is 0 Å². The number of hydrogen-bond donors (Lipinski definition) is 0. The fourth-order valence-electron chi connectivity index (χ4n) is 2.23. The van der Waals surface area contributed by atoms with Crippen LogP contribution in [-0.2, 0) is 0 Å². The minimum Gasteiger partial charge on any atom is -0.497 e. The normalized spacial score (nSPS) is 11.1. The average molecular weight is 212 g/mol. The Morgan fingerprint density at radius 1 is 0.812 bits per heavy atom. The maximum atomic E-state index is 5.37. The topological polar surface area (TPSA) is 18.5 Å². The zero-order valence-corrected chi connectivity index (χ0v) is 9.28. The number of rotatable bonds is 2. The van der Waals surface area contributed by atoms with E-state index in [0.717, 1.165) is 11.5 Å². The number of methoxy groups -OCH3 is 2. The predicted molar refractivity (Wildman–Crippen MR) is 64.0 cm³/mol. The van der Waals surface area contributed by atoms with Gasteiger partial charge in [-0.25, -0.2) is 0 Å². The van der Waals surface area contributed by atoms with E-state index in [1.54, 1.807) is 14.2 Å². The van der Waals surface area contributed by atoms with Gasteiger partial charge in [0.1, 0.15) is 11.5 Å². The van der Waals surface area contributed by atoms with Crippen molar-refractivity contribution in [2.45, 2.75) is 0 Å². The van der Waals surface area contributed by atoms with E-state index in [0.29, 0.717) is 0 Å². The van der Waals surface area contributed by atoms with E-state index >= 15 is 0 Å². The third-order valence-corrected chi connectivity index (χ3v) is 3.03. The minimum atomic E-state index is 0.885. The second-order valence-corrected chi connectivity index (χ2v) is 3.79. The molecule has 2 aromatic carbocycles. The van der Waals surface area contributed by atoms with E-state index in [1.165, 1.54) is 22.3 Å². The van der Waals surface area contributed by atoms with Crippen molar-refractivity contribution in [2.75, 3.05) is 14.2 Å². The van der Waals surface area contributed by atoms with Crippen molar-refractivity contribution in [3.05, 3.63) is 36.4 Å². The van der Waals surface area contributed by atoms with Gasteiger partial charge in [0.05, 0.1) is 14.2 Å². The number of fused-ring (bicyclic) bond motifs is 4. The number of benzene rings is 2. The first-order chi connectivity index (χ1) is 7.85. The lowest BCUT2D eigenvalue weighted by atomic mass is 9.80. The molecule has 0 saturated carbocycles. The molecule has 0 saturated heterocycles. The highest BCUT2D eigenvalue weighted by Crippen LogP contribution is 2.52. The second kappa shape index (κ2) is 3.27. The fourth-order valence-corrected chi connectivity index (χ4v) is 2.23. The molecule has 3 rings (SSSR count). The Bertz CT molecular complexity index is 559. The predicted octanol–water partition coefficient (Wildman–Crippen LogP) is 3.35. The Morgan fingerprint density at radius 2 is 1.69 bits per heavy atom. The summed E-state index contributed by atoms with van der Waals surface area (Å²) in [5.41, 5.74) is 4.94. The van der Waals surface area contributed by atoms with E-state index in [1.807, 2.05) is 18.2 Å². The molecule has 0 radical (unpaired) electrons. The highest BCUT2D eigenvalue weighted by Gasteiger charge is 2.25. The van der Waals surface area contributed by atoms with Gasteiger partial charge in [-0.1, -0.05) is 18.2 Å². The molecule has 0 fully saturated rings. The summed E-state index contributed by atoms with van der Waals surface area (Å²) in [5.74, 6) is 1.81. The molecule has 16 heavy (non-hydrogen) atoms. The van der Waals surface area contributed by atoms with Gasteiger partial charge in [0.15, 0.2) is 0 Å². The lowest BCUT2D eigenvalue weighted by Gasteiger charge is -2.26. The first kappa shape index (κ1) is 9.28. The largest absolute Gasteiger partial charge is 0.497 e. The Balaban J connectivity index is 2.19. The van der Waals surface area contributed by atoms with Crippen LogP contribution < -0.4 is 9.47 Å². The molecule has 0 spiro atoms. The Kier molecular flexibility index (Phi) is 1.90. The molecular formula is C14H12O2. The van der Waals surface area contributed by atoms with Crippen LogP contribution in [0, 0.1) is 0 Å². The summed E-state index contributed by atoms with van der Waals surface area (Å²) in [6, 6.07) is 12.3. The number of hydrogen-bond acceptors (Lipinski definition) is 2. The molecule has 1 aliphatic carbocycles. The quantitative estimate of drug-likeness (QED) is 0.648. The molecule has 2 aromatic rings. The summed E-state index contributed by atoms with van der Waals surface area (Å²) < 4.78 is 10.6. The van der Waals surface area contributed by atoms with E-state index in [-0.39, 0.29) is 0 Å². The van der Waals surface area contributed by atoms with Crippen LogP contribution in [0.3, 0.4) is 0 Å². The Morgan fingerprint density at radius 3 is 2.44 bits per heavy atom. The van der Waals surface area contributed by atoms with Gasteiger partial charge in [-0.15, -0.1) is 0 Å². The van der Waals surface area contributed by atoms with Gasteiger partial charge in [0.25, 0.3) is 0 Å².